The summed E-state index contributed by atoms with van der Waals surface area (Å²) in [5.74, 6) is 0. The van der Waals surface area contributed by atoms with Crippen LogP contribution < -0.4 is 0 Å². The van der Waals surface area contributed by atoms with Gasteiger partial charge in [0.2, 0.25) is 0 Å². The molecule has 1 aliphatic rings. The van der Waals surface area contributed by atoms with Gasteiger partial charge in [0.05, 0.1) is 92.5 Å². The first-order valence-electron chi connectivity index (χ1n) is 20.5. The maximum Gasteiger partial charge on any atom is 0.112 e. The SMILES string of the molecule is C[C@@]1(COCc2ccc3ccc4cccc5ccc2c3c45)COCCOC[C@@](C)(COCc2ccc3ccc4cccc5ccc2c3c45)OCCOCCOCCO1. The van der Waals surface area contributed by atoms with Crippen LogP contribution in [0.2, 0.25) is 0 Å². The lowest BCUT2D eigenvalue weighted by Gasteiger charge is -2.31. The third kappa shape index (κ3) is 8.35. The van der Waals surface area contributed by atoms with Crippen molar-refractivity contribution in [2.24, 2.45) is 0 Å². The maximum atomic E-state index is 6.41. The van der Waals surface area contributed by atoms with E-state index in [0.717, 1.165) is 11.1 Å². The second-order valence-corrected chi connectivity index (χ2v) is 16.1. The van der Waals surface area contributed by atoms with Crippen molar-refractivity contribution in [3.05, 3.63) is 120 Å². The Morgan fingerprint density at radius 3 is 1.17 bits per heavy atom. The molecule has 9 rings (SSSR count). The normalized spacial score (nSPS) is 21.4. The van der Waals surface area contributed by atoms with Gasteiger partial charge in [-0.25, -0.2) is 0 Å². The van der Waals surface area contributed by atoms with Crippen molar-refractivity contribution in [3.8, 4) is 0 Å². The molecule has 0 spiro atoms. The molecule has 0 aliphatic carbocycles. The highest BCUT2D eigenvalue weighted by Gasteiger charge is 2.29. The zero-order chi connectivity index (χ0) is 39.4. The van der Waals surface area contributed by atoms with E-state index in [1.54, 1.807) is 0 Å². The van der Waals surface area contributed by atoms with E-state index >= 15 is 0 Å². The zero-order valence-electron chi connectivity index (χ0n) is 33.6. The molecule has 8 heteroatoms. The fourth-order valence-electron chi connectivity index (χ4n) is 8.56. The lowest BCUT2D eigenvalue weighted by Crippen LogP contribution is -2.42. The molecule has 0 saturated carbocycles. The van der Waals surface area contributed by atoms with Crippen LogP contribution in [0.25, 0.3) is 64.6 Å². The molecule has 0 unspecified atom stereocenters. The molecule has 1 saturated heterocycles. The monoisotopic (exact) mass is 780 g/mol. The summed E-state index contributed by atoms with van der Waals surface area (Å²) in [5.41, 5.74) is 0.923. The summed E-state index contributed by atoms with van der Waals surface area (Å²) >= 11 is 0. The van der Waals surface area contributed by atoms with Crippen molar-refractivity contribution in [2.75, 3.05) is 79.3 Å². The summed E-state index contributed by atoms with van der Waals surface area (Å²) < 4.78 is 49.6. The molecular weight excluding hydrogens is 729 g/mol. The van der Waals surface area contributed by atoms with E-state index in [0.29, 0.717) is 92.5 Å². The highest BCUT2D eigenvalue weighted by Crippen LogP contribution is 2.38. The van der Waals surface area contributed by atoms with E-state index in [9.17, 15) is 0 Å². The summed E-state index contributed by atoms with van der Waals surface area (Å²) in [4.78, 5) is 0. The summed E-state index contributed by atoms with van der Waals surface area (Å²) in [6, 6.07) is 39.4. The fourth-order valence-corrected chi connectivity index (χ4v) is 8.56. The Hall–Kier alpha value is -4.48. The van der Waals surface area contributed by atoms with Crippen molar-refractivity contribution in [2.45, 2.75) is 38.3 Å². The largest absolute Gasteiger partial charge is 0.377 e. The summed E-state index contributed by atoms with van der Waals surface area (Å²) in [6.07, 6.45) is 0. The van der Waals surface area contributed by atoms with Gasteiger partial charge in [-0.05, 0) is 89.6 Å². The summed E-state index contributed by atoms with van der Waals surface area (Å²) in [7, 11) is 0. The van der Waals surface area contributed by atoms with Gasteiger partial charge in [-0.15, -0.1) is 0 Å². The third-order valence-corrected chi connectivity index (χ3v) is 11.5. The lowest BCUT2D eigenvalue weighted by atomic mass is 9.92. The minimum absolute atomic E-state index is 0.341. The minimum Gasteiger partial charge on any atom is -0.377 e. The van der Waals surface area contributed by atoms with Gasteiger partial charge >= 0.3 is 0 Å². The average Bonchev–Trinajstić information content (AvgIpc) is 3.24. The molecule has 8 aromatic carbocycles. The quantitative estimate of drug-likeness (QED) is 0.141. The Kier molecular flexibility index (Phi) is 11.7. The van der Waals surface area contributed by atoms with Crippen LogP contribution in [0.4, 0.5) is 0 Å². The van der Waals surface area contributed by atoms with Gasteiger partial charge in [0.1, 0.15) is 11.2 Å². The predicted octanol–water partition coefficient (Wildman–Crippen LogP) is 9.85. The van der Waals surface area contributed by atoms with Crippen LogP contribution in [-0.4, -0.2) is 90.5 Å². The minimum atomic E-state index is -0.689. The molecule has 58 heavy (non-hydrogen) atoms. The first-order valence-corrected chi connectivity index (χ1v) is 20.5. The molecule has 0 aromatic heterocycles. The van der Waals surface area contributed by atoms with Crippen LogP contribution in [0, 0.1) is 0 Å². The second kappa shape index (κ2) is 17.4. The molecule has 8 nitrogen and oxygen atoms in total. The first kappa shape index (κ1) is 39.0. The van der Waals surface area contributed by atoms with E-state index in [2.05, 4.69) is 109 Å². The van der Waals surface area contributed by atoms with Gasteiger partial charge in [-0.3, -0.25) is 0 Å². The van der Waals surface area contributed by atoms with Crippen LogP contribution in [0.3, 0.4) is 0 Å². The lowest BCUT2D eigenvalue weighted by molar-refractivity contribution is -0.155. The molecule has 8 aromatic rings. The molecule has 300 valence electrons. The Labute approximate surface area is 339 Å². The van der Waals surface area contributed by atoms with Crippen molar-refractivity contribution < 1.29 is 37.9 Å². The highest BCUT2D eigenvalue weighted by molar-refractivity contribution is 6.24. The molecule has 1 heterocycles. The van der Waals surface area contributed by atoms with Gasteiger partial charge in [-0.1, -0.05) is 109 Å². The molecule has 0 bridgehead atoms. The average molecular weight is 781 g/mol. The fraction of sp³-hybridized carbons (Fsp3) is 0.360. The van der Waals surface area contributed by atoms with Crippen LogP contribution >= 0.6 is 0 Å². The Balaban J connectivity index is 0.813. The van der Waals surface area contributed by atoms with Gasteiger partial charge in [0, 0.05) is 0 Å². The van der Waals surface area contributed by atoms with Crippen molar-refractivity contribution in [1.29, 1.82) is 0 Å². The molecule has 0 amide bonds. The van der Waals surface area contributed by atoms with Crippen molar-refractivity contribution in [1.82, 2.24) is 0 Å². The van der Waals surface area contributed by atoms with Crippen LogP contribution in [-0.2, 0) is 51.1 Å². The van der Waals surface area contributed by atoms with Crippen LogP contribution in [0.5, 0.6) is 0 Å². The molecule has 1 fully saturated rings. The second-order valence-electron chi connectivity index (χ2n) is 16.1. The van der Waals surface area contributed by atoms with Gasteiger partial charge in [0.25, 0.3) is 0 Å². The van der Waals surface area contributed by atoms with Gasteiger partial charge in [-0.2, -0.15) is 0 Å². The summed E-state index contributed by atoms with van der Waals surface area (Å²) in [6.45, 7) is 9.79. The Morgan fingerprint density at radius 2 is 0.741 bits per heavy atom. The number of benzene rings is 8. The van der Waals surface area contributed by atoms with Crippen molar-refractivity contribution in [3.63, 3.8) is 0 Å². The number of ether oxygens (including phenoxy) is 8. The molecule has 1 aliphatic heterocycles. The van der Waals surface area contributed by atoms with Crippen molar-refractivity contribution >= 4 is 64.6 Å². The predicted molar refractivity (Wildman–Crippen MR) is 232 cm³/mol. The molecule has 0 radical (unpaired) electrons. The smallest absolute Gasteiger partial charge is 0.112 e. The highest BCUT2D eigenvalue weighted by atomic mass is 16.6. The van der Waals surface area contributed by atoms with E-state index in [4.69, 9.17) is 37.9 Å². The van der Waals surface area contributed by atoms with Crippen LogP contribution in [0.15, 0.2) is 109 Å². The van der Waals surface area contributed by atoms with E-state index in [1.807, 2.05) is 13.8 Å². The Bertz CT molecular complexity index is 2390. The van der Waals surface area contributed by atoms with Gasteiger partial charge in [0.15, 0.2) is 0 Å². The maximum absolute atomic E-state index is 6.41. The molecular formula is C50H52O8. The van der Waals surface area contributed by atoms with E-state index in [1.165, 1.54) is 64.6 Å². The molecule has 0 N–H and O–H groups in total. The molecule has 2 atom stereocenters. The zero-order valence-corrected chi connectivity index (χ0v) is 33.6. The number of hydrogen-bond acceptors (Lipinski definition) is 8. The number of rotatable bonds is 8. The first-order chi connectivity index (χ1) is 28.5. The topological polar surface area (TPSA) is 73.8 Å². The summed E-state index contributed by atoms with van der Waals surface area (Å²) in [5, 5.41) is 15.1. The number of hydrogen-bond donors (Lipinski definition) is 0. The van der Waals surface area contributed by atoms with E-state index in [-0.39, 0.29) is 0 Å². The van der Waals surface area contributed by atoms with Crippen LogP contribution in [0.1, 0.15) is 25.0 Å². The Morgan fingerprint density at radius 1 is 0.397 bits per heavy atom. The van der Waals surface area contributed by atoms with Gasteiger partial charge < -0.3 is 37.9 Å². The standard InChI is InChI=1S/C50H52O8/c1-49(33-55-29-41-15-13-39-11-9-35-5-3-7-37-17-19-43(41)47(39)45(35)37)31-53-23-24-54-32-50(2,58-28-26-52-22-21-51-25-27-57-49)34-56-30-42-16-14-40-12-10-36-6-4-8-38-18-20-44(42)48(40)46(36)38/h3-20H,21-34H2,1-2H3/t49-,50-/m0/s1. The third-order valence-electron chi connectivity index (χ3n) is 11.5. The van der Waals surface area contributed by atoms with E-state index < -0.39 is 11.2 Å².